The van der Waals surface area contributed by atoms with Crippen LogP contribution in [0.4, 0.5) is 5.69 Å². The number of hydrogen-bond donors (Lipinski definition) is 3. The summed E-state index contributed by atoms with van der Waals surface area (Å²) in [6.07, 6.45) is 1.54. The number of aliphatic hydroxyl groups is 1. The van der Waals surface area contributed by atoms with Gasteiger partial charge in [0.25, 0.3) is 0 Å². The van der Waals surface area contributed by atoms with Crippen LogP contribution in [0.5, 0.6) is 0 Å². The third-order valence-corrected chi connectivity index (χ3v) is 7.09. The molecule has 0 spiro atoms. The van der Waals surface area contributed by atoms with Crippen LogP contribution in [-0.2, 0) is 16.1 Å². The number of amides is 1. The number of carboxylic acids is 1. The van der Waals surface area contributed by atoms with E-state index in [0.29, 0.717) is 47.2 Å². The van der Waals surface area contributed by atoms with Gasteiger partial charge in [-0.15, -0.1) is 0 Å². The molecule has 3 N–H and O–H groups in total. The summed E-state index contributed by atoms with van der Waals surface area (Å²) in [4.78, 5) is 26.1. The lowest BCUT2D eigenvalue weighted by molar-refractivity contribution is -0.147. The van der Waals surface area contributed by atoms with Crippen LogP contribution in [-0.4, -0.2) is 45.7 Å². The molecule has 0 saturated heterocycles. The fourth-order valence-electron chi connectivity index (χ4n) is 4.40. The zero-order chi connectivity index (χ0) is 24.8. The van der Waals surface area contributed by atoms with Gasteiger partial charge in [0.05, 0.1) is 22.2 Å². The van der Waals surface area contributed by atoms with Crippen LogP contribution < -0.4 is 5.32 Å². The van der Waals surface area contributed by atoms with Gasteiger partial charge >= 0.3 is 5.97 Å². The van der Waals surface area contributed by atoms with E-state index in [4.69, 9.17) is 23.2 Å². The summed E-state index contributed by atoms with van der Waals surface area (Å²) < 4.78 is 0. The molecule has 8 heteroatoms. The number of hydrogen-bond acceptors (Lipinski definition) is 4. The molecule has 3 atom stereocenters. The number of carboxylic acid groups (broad SMARTS) is 1. The van der Waals surface area contributed by atoms with Gasteiger partial charge in [-0.2, -0.15) is 0 Å². The van der Waals surface area contributed by atoms with E-state index < -0.39 is 18.6 Å². The molecule has 3 rings (SSSR count). The minimum Gasteiger partial charge on any atom is -0.480 e. The summed E-state index contributed by atoms with van der Waals surface area (Å²) in [5, 5.41) is 24.3. The van der Waals surface area contributed by atoms with E-state index in [1.807, 2.05) is 12.1 Å². The standard InChI is InChI=1S/C26H32Cl2N2O4/c1-16(2)19-4-3-5-20(13-19)29-23-10-7-18(8-11-24(23)31)26(34)30(15-25(32)33)14-17-6-9-21(27)22(28)12-17/h3-6,9,12-13,16,18,23-24,29,31H,7-8,10-11,14-15H2,1-2H3,(H,32,33)/t18-,23+,24+/m1/s1. The van der Waals surface area contributed by atoms with Crippen LogP contribution in [0, 0.1) is 5.92 Å². The van der Waals surface area contributed by atoms with Gasteiger partial charge in [-0.05, 0) is 67.0 Å². The normalized spacial score (nSPS) is 20.6. The molecular formula is C26H32Cl2N2O4. The highest BCUT2D eigenvalue weighted by atomic mass is 35.5. The van der Waals surface area contributed by atoms with Crippen molar-refractivity contribution in [2.24, 2.45) is 5.92 Å². The molecular weight excluding hydrogens is 475 g/mol. The van der Waals surface area contributed by atoms with E-state index in [1.165, 1.54) is 10.5 Å². The van der Waals surface area contributed by atoms with Gasteiger partial charge in [-0.25, -0.2) is 0 Å². The van der Waals surface area contributed by atoms with Gasteiger partial charge in [0.15, 0.2) is 0 Å². The molecule has 6 nitrogen and oxygen atoms in total. The summed E-state index contributed by atoms with van der Waals surface area (Å²) in [6.45, 7) is 4.00. The Morgan fingerprint density at radius 3 is 2.47 bits per heavy atom. The molecule has 1 fully saturated rings. The Morgan fingerprint density at radius 2 is 1.79 bits per heavy atom. The summed E-state index contributed by atoms with van der Waals surface area (Å²) in [6, 6.07) is 13.0. The minimum absolute atomic E-state index is 0.130. The molecule has 1 aliphatic carbocycles. The first kappa shape index (κ1) is 26.3. The molecule has 0 aliphatic heterocycles. The number of carbonyl (C=O) groups is 2. The fourth-order valence-corrected chi connectivity index (χ4v) is 4.72. The maximum atomic E-state index is 13.3. The molecule has 0 aromatic heterocycles. The predicted molar refractivity (Wildman–Crippen MR) is 135 cm³/mol. The zero-order valence-electron chi connectivity index (χ0n) is 19.5. The highest BCUT2D eigenvalue weighted by molar-refractivity contribution is 6.42. The van der Waals surface area contributed by atoms with Gasteiger partial charge < -0.3 is 20.4 Å². The average molecular weight is 507 g/mol. The number of halogens is 2. The van der Waals surface area contributed by atoms with Gasteiger partial charge in [-0.1, -0.05) is 55.2 Å². The first-order chi connectivity index (χ1) is 16.1. The Labute approximate surface area is 210 Å². The SMILES string of the molecule is CC(C)c1cccc(N[C@H]2CC[C@@H](C(=O)N(CC(=O)O)Cc3ccc(Cl)c(Cl)c3)CC[C@@H]2O)c1. The lowest BCUT2D eigenvalue weighted by Crippen LogP contribution is -2.39. The van der Waals surface area contributed by atoms with E-state index in [1.54, 1.807) is 18.2 Å². The highest BCUT2D eigenvalue weighted by Crippen LogP contribution is 2.29. The molecule has 34 heavy (non-hydrogen) atoms. The van der Waals surface area contributed by atoms with E-state index in [-0.39, 0.29) is 24.4 Å². The quantitative estimate of drug-likeness (QED) is 0.407. The van der Waals surface area contributed by atoms with Crippen molar-refractivity contribution >= 4 is 40.8 Å². The first-order valence-corrected chi connectivity index (χ1v) is 12.4. The predicted octanol–water partition coefficient (Wildman–Crippen LogP) is 5.56. The van der Waals surface area contributed by atoms with Crippen LogP contribution in [0.25, 0.3) is 0 Å². The Kier molecular flexibility index (Phi) is 9.23. The largest absolute Gasteiger partial charge is 0.480 e. The maximum Gasteiger partial charge on any atom is 0.323 e. The average Bonchev–Trinajstić information content (AvgIpc) is 2.97. The third kappa shape index (κ3) is 7.11. The second-order valence-corrected chi connectivity index (χ2v) is 10.1. The Balaban J connectivity index is 1.69. The second-order valence-electron chi connectivity index (χ2n) is 9.29. The lowest BCUT2D eigenvalue weighted by Gasteiger charge is -2.26. The van der Waals surface area contributed by atoms with Crippen molar-refractivity contribution in [2.45, 2.75) is 64.1 Å². The number of nitrogens with zero attached hydrogens (tertiary/aromatic N) is 1. The van der Waals surface area contributed by atoms with Crippen molar-refractivity contribution in [3.05, 3.63) is 63.6 Å². The minimum atomic E-state index is -1.08. The van der Waals surface area contributed by atoms with Gasteiger partial charge in [0, 0.05) is 18.2 Å². The molecule has 0 heterocycles. The number of nitrogens with one attached hydrogen (secondary N) is 1. The highest BCUT2D eigenvalue weighted by Gasteiger charge is 2.32. The Hall–Kier alpha value is -2.28. The second kappa shape index (κ2) is 11.9. The van der Waals surface area contributed by atoms with E-state index in [0.717, 1.165) is 5.69 Å². The molecule has 0 unspecified atom stereocenters. The number of anilines is 1. The molecule has 2 aromatic carbocycles. The summed E-state index contributed by atoms with van der Waals surface area (Å²) in [5.74, 6) is -1.25. The van der Waals surface area contributed by atoms with Crippen LogP contribution in [0.2, 0.25) is 10.0 Å². The van der Waals surface area contributed by atoms with Gasteiger partial charge in [-0.3, -0.25) is 9.59 Å². The van der Waals surface area contributed by atoms with Crippen molar-refractivity contribution in [3.63, 3.8) is 0 Å². The summed E-state index contributed by atoms with van der Waals surface area (Å²) in [5.41, 5.74) is 2.88. The molecule has 0 radical (unpaired) electrons. The number of rotatable bonds is 8. The number of aliphatic hydroxyl groups excluding tert-OH is 1. The van der Waals surface area contributed by atoms with Crippen LogP contribution in [0.1, 0.15) is 56.6 Å². The molecule has 184 valence electrons. The topological polar surface area (TPSA) is 89.9 Å². The Bertz CT molecular complexity index is 1010. The van der Waals surface area contributed by atoms with Gasteiger partial charge in [0.1, 0.15) is 6.54 Å². The van der Waals surface area contributed by atoms with Crippen molar-refractivity contribution in [1.29, 1.82) is 0 Å². The van der Waals surface area contributed by atoms with E-state index in [2.05, 4.69) is 31.3 Å². The van der Waals surface area contributed by atoms with Crippen molar-refractivity contribution < 1.29 is 19.8 Å². The third-order valence-electron chi connectivity index (χ3n) is 6.35. The smallest absolute Gasteiger partial charge is 0.323 e. The molecule has 1 saturated carbocycles. The number of aliphatic carboxylic acids is 1. The maximum absolute atomic E-state index is 13.3. The molecule has 2 aromatic rings. The molecule has 0 bridgehead atoms. The van der Waals surface area contributed by atoms with Crippen molar-refractivity contribution in [3.8, 4) is 0 Å². The summed E-state index contributed by atoms with van der Waals surface area (Å²) >= 11 is 12.1. The fraction of sp³-hybridized carbons (Fsp3) is 0.462. The van der Waals surface area contributed by atoms with Gasteiger partial charge in [0.2, 0.25) is 5.91 Å². The van der Waals surface area contributed by atoms with Crippen LogP contribution in [0.3, 0.4) is 0 Å². The van der Waals surface area contributed by atoms with Crippen LogP contribution >= 0.6 is 23.2 Å². The summed E-state index contributed by atoms with van der Waals surface area (Å²) in [7, 11) is 0. The van der Waals surface area contributed by atoms with E-state index in [9.17, 15) is 19.8 Å². The molecule has 1 amide bonds. The Morgan fingerprint density at radius 1 is 1.06 bits per heavy atom. The van der Waals surface area contributed by atoms with Crippen molar-refractivity contribution in [2.75, 3.05) is 11.9 Å². The number of benzene rings is 2. The number of carbonyl (C=O) groups excluding carboxylic acids is 1. The lowest BCUT2D eigenvalue weighted by atomic mass is 9.98. The van der Waals surface area contributed by atoms with Crippen LogP contribution in [0.15, 0.2) is 42.5 Å². The monoisotopic (exact) mass is 506 g/mol. The molecule has 1 aliphatic rings. The van der Waals surface area contributed by atoms with E-state index >= 15 is 0 Å². The first-order valence-electron chi connectivity index (χ1n) is 11.6. The zero-order valence-corrected chi connectivity index (χ0v) is 21.0. The van der Waals surface area contributed by atoms with Crippen molar-refractivity contribution in [1.82, 2.24) is 4.90 Å².